The van der Waals surface area contributed by atoms with Gasteiger partial charge in [0.1, 0.15) is 5.75 Å². The van der Waals surface area contributed by atoms with Gasteiger partial charge in [0.25, 0.3) is 0 Å². The lowest BCUT2D eigenvalue weighted by molar-refractivity contribution is 0.410. The number of nitrogens with zero attached hydrogens (tertiary/aromatic N) is 1. The SMILES string of the molecule is CNCC1CCCc2sc(Cc3ccccc3OC)nc21. The number of likely N-dealkylation sites (N-methyl/N-ethyl adjacent to an activating group) is 1. The number of thiazole rings is 1. The summed E-state index contributed by atoms with van der Waals surface area (Å²) in [6.45, 7) is 1.03. The summed E-state index contributed by atoms with van der Waals surface area (Å²) >= 11 is 1.88. The Morgan fingerprint density at radius 2 is 2.24 bits per heavy atom. The number of aryl methyl sites for hydroxylation is 1. The van der Waals surface area contributed by atoms with Gasteiger partial charge >= 0.3 is 0 Å². The molecular formula is C17H22N2OS. The minimum atomic E-state index is 0.585. The number of ether oxygens (including phenoxy) is 1. The molecule has 1 aromatic heterocycles. The van der Waals surface area contributed by atoms with Crippen molar-refractivity contribution < 1.29 is 4.74 Å². The molecule has 3 rings (SSSR count). The molecule has 0 saturated heterocycles. The molecule has 3 nitrogen and oxygen atoms in total. The Kier molecular flexibility index (Phi) is 4.56. The average Bonchev–Trinajstić information content (AvgIpc) is 2.92. The summed E-state index contributed by atoms with van der Waals surface area (Å²) in [5.41, 5.74) is 2.56. The summed E-state index contributed by atoms with van der Waals surface area (Å²) in [6, 6.07) is 8.23. The van der Waals surface area contributed by atoms with Crippen molar-refractivity contribution >= 4 is 11.3 Å². The van der Waals surface area contributed by atoms with Crippen molar-refractivity contribution in [2.75, 3.05) is 20.7 Å². The smallest absolute Gasteiger partial charge is 0.122 e. The van der Waals surface area contributed by atoms with Gasteiger partial charge < -0.3 is 10.1 Å². The van der Waals surface area contributed by atoms with Gasteiger partial charge in [-0.2, -0.15) is 0 Å². The quantitative estimate of drug-likeness (QED) is 0.919. The van der Waals surface area contributed by atoms with Crippen LogP contribution in [0.5, 0.6) is 5.75 Å². The number of hydrogen-bond donors (Lipinski definition) is 1. The van der Waals surface area contributed by atoms with Crippen LogP contribution < -0.4 is 10.1 Å². The Balaban J connectivity index is 1.84. The van der Waals surface area contributed by atoms with E-state index in [1.54, 1.807) is 7.11 Å². The minimum absolute atomic E-state index is 0.585. The van der Waals surface area contributed by atoms with Crippen molar-refractivity contribution in [2.45, 2.75) is 31.6 Å². The van der Waals surface area contributed by atoms with E-state index in [0.29, 0.717) is 5.92 Å². The molecule has 0 bridgehead atoms. The molecule has 4 heteroatoms. The number of fused-ring (bicyclic) bond motifs is 1. The first-order valence-electron chi connectivity index (χ1n) is 7.56. The van der Waals surface area contributed by atoms with Crippen LogP contribution in [0.3, 0.4) is 0 Å². The summed E-state index contributed by atoms with van der Waals surface area (Å²) in [4.78, 5) is 6.44. The molecule has 2 aromatic rings. The van der Waals surface area contributed by atoms with Gasteiger partial charge in [-0.3, -0.25) is 0 Å². The topological polar surface area (TPSA) is 34.1 Å². The first-order chi connectivity index (χ1) is 10.3. The molecule has 1 atom stereocenters. The van der Waals surface area contributed by atoms with E-state index in [1.165, 1.54) is 40.4 Å². The fourth-order valence-electron chi connectivity index (χ4n) is 3.09. The van der Waals surface area contributed by atoms with Crippen LogP contribution in [0.25, 0.3) is 0 Å². The molecule has 1 aliphatic carbocycles. The van der Waals surface area contributed by atoms with Crippen LogP contribution in [-0.4, -0.2) is 25.7 Å². The van der Waals surface area contributed by atoms with Crippen molar-refractivity contribution in [3.63, 3.8) is 0 Å². The van der Waals surface area contributed by atoms with E-state index in [1.807, 2.05) is 30.5 Å². The van der Waals surface area contributed by atoms with E-state index in [9.17, 15) is 0 Å². The Morgan fingerprint density at radius 3 is 3.05 bits per heavy atom. The maximum Gasteiger partial charge on any atom is 0.122 e. The monoisotopic (exact) mass is 302 g/mol. The van der Waals surface area contributed by atoms with Crippen LogP contribution in [0.2, 0.25) is 0 Å². The molecule has 0 amide bonds. The Hall–Kier alpha value is -1.39. The van der Waals surface area contributed by atoms with E-state index in [4.69, 9.17) is 9.72 Å². The van der Waals surface area contributed by atoms with Gasteiger partial charge in [-0.05, 0) is 32.4 Å². The Labute approximate surface area is 130 Å². The molecule has 1 heterocycles. The largest absolute Gasteiger partial charge is 0.496 e. The molecule has 21 heavy (non-hydrogen) atoms. The standard InChI is InChI=1S/C17H22N2OS/c1-18-11-13-7-5-9-15-17(13)19-16(21-15)10-12-6-3-4-8-14(12)20-2/h3-4,6,8,13,18H,5,7,9-11H2,1-2H3. The van der Waals surface area contributed by atoms with E-state index < -0.39 is 0 Å². The number of para-hydroxylation sites is 1. The minimum Gasteiger partial charge on any atom is -0.496 e. The van der Waals surface area contributed by atoms with E-state index >= 15 is 0 Å². The Morgan fingerprint density at radius 1 is 1.38 bits per heavy atom. The molecule has 0 spiro atoms. The predicted molar refractivity (Wildman–Crippen MR) is 87.5 cm³/mol. The lowest BCUT2D eigenvalue weighted by Crippen LogP contribution is -2.21. The third-order valence-electron chi connectivity index (χ3n) is 4.10. The number of methoxy groups -OCH3 is 1. The van der Waals surface area contributed by atoms with Crippen molar-refractivity contribution in [1.29, 1.82) is 0 Å². The Bertz CT molecular complexity index is 609. The number of hydrogen-bond acceptors (Lipinski definition) is 4. The first-order valence-corrected chi connectivity index (χ1v) is 8.38. The second-order valence-electron chi connectivity index (χ2n) is 5.55. The molecule has 0 radical (unpaired) electrons. The van der Waals surface area contributed by atoms with Crippen LogP contribution in [0.1, 0.15) is 39.9 Å². The summed E-state index contributed by atoms with van der Waals surface area (Å²) in [7, 11) is 3.76. The number of benzene rings is 1. The number of nitrogens with one attached hydrogen (secondary N) is 1. The molecular weight excluding hydrogens is 280 g/mol. The number of rotatable bonds is 5. The molecule has 1 N–H and O–H groups in total. The zero-order valence-electron chi connectivity index (χ0n) is 12.7. The van der Waals surface area contributed by atoms with E-state index in [0.717, 1.165) is 18.7 Å². The summed E-state index contributed by atoms with van der Waals surface area (Å²) in [5.74, 6) is 1.54. The molecule has 1 aromatic carbocycles. The van der Waals surface area contributed by atoms with Crippen molar-refractivity contribution in [2.24, 2.45) is 0 Å². The van der Waals surface area contributed by atoms with Gasteiger partial charge in [0.05, 0.1) is 17.8 Å². The van der Waals surface area contributed by atoms with Gasteiger partial charge in [0, 0.05) is 29.3 Å². The van der Waals surface area contributed by atoms with Gasteiger partial charge in [0.2, 0.25) is 0 Å². The molecule has 1 unspecified atom stereocenters. The molecule has 0 aliphatic heterocycles. The van der Waals surface area contributed by atoms with Gasteiger partial charge in [0.15, 0.2) is 0 Å². The predicted octanol–water partition coefficient (Wildman–Crippen LogP) is 3.38. The maximum absolute atomic E-state index is 5.45. The zero-order valence-corrected chi connectivity index (χ0v) is 13.5. The average molecular weight is 302 g/mol. The highest BCUT2D eigenvalue weighted by Crippen LogP contribution is 2.35. The van der Waals surface area contributed by atoms with E-state index in [2.05, 4.69) is 17.4 Å². The van der Waals surface area contributed by atoms with E-state index in [-0.39, 0.29) is 0 Å². The highest BCUT2D eigenvalue weighted by Gasteiger charge is 2.24. The number of aromatic nitrogens is 1. The van der Waals surface area contributed by atoms with Crippen LogP contribution in [0.15, 0.2) is 24.3 Å². The van der Waals surface area contributed by atoms with Crippen LogP contribution in [0.4, 0.5) is 0 Å². The summed E-state index contributed by atoms with van der Waals surface area (Å²) in [5, 5.41) is 4.52. The lowest BCUT2D eigenvalue weighted by atomic mass is 9.91. The second kappa shape index (κ2) is 6.58. The van der Waals surface area contributed by atoms with Gasteiger partial charge in [-0.15, -0.1) is 11.3 Å². The highest BCUT2D eigenvalue weighted by atomic mass is 32.1. The highest BCUT2D eigenvalue weighted by molar-refractivity contribution is 7.11. The van der Waals surface area contributed by atoms with Crippen molar-refractivity contribution in [3.8, 4) is 5.75 Å². The third kappa shape index (κ3) is 3.11. The summed E-state index contributed by atoms with van der Waals surface area (Å²) in [6.07, 6.45) is 4.61. The fourth-order valence-corrected chi connectivity index (χ4v) is 4.31. The summed E-state index contributed by atoms with van der Waals surface area (Å²) < 4.78 is 5.45. The third-order valence-corrected chi connectivity index (χ3v) is 5.23. The molecule has 1 aliphatic rings. The van der Waals surface area contributed by atoms with Gasteiger partial charge in [-0.1, -0.05) is 18.2 Å². The fraction of sp³-hybridized carbons (Fsp3) is 0.471. The lowest BCUT2D eigenvalue weighted by Gasteiger charge is -2.20. The van der Waals surface area contributed by atoms with Crippen LogP contribution in [-0.2, 0) is 12.8 Å². The van der Waals surface area contributed by atoms with Crippen LogP contribution >= 0.6 is 11.3 Å². The van der Waals surface area contributed by atoms with Crippen molar-refractivity contribution in [1.82, 2.24) is 10.3 Å². The van der Waals surface area contributed by atoms with Crippen molar-refractivity contribution in [3.05, 3.63) is 45.4 Å². The van der Waals surface area contributed by atoms with Gasteiger partial charge in [-0.25, -0.2) is 4.98 Å². The molecule has 112 valence electrons. The van der Waals surface area contributed by atoms with Crippen LogP contribution in [0, 0.1) is 0 Å². The first kappa shape index (κ1) is 14.5. The molecule has 0 fully saturated rings. The maximum atomic E-state index is 5.45. The second-order valence-corrected chi connectivity index (χ2v) is 6.72. The normalized spacial score (nSPS) is 17.5. The molecule has 0 saturated carbocycles. The zero-order chi connectivity index (χ0) is 14.7.